The van der Waals surface area contributed by atoms with Crippen molar-refractivity contribution in [2.45, 2.75) is 226 Å². The lowest BCUT2D eigenvalue weighted by Gasteiger charge is -2.65. The molecule has 0 aliphatic heterocycles. The van der Waals surface area contributed by atoms with Crippen LogP contribution in [0.4, 0.5) is 0 Å². The van der Waals surface area contributed by atoms with E-state index >= 15 is 0 Å². The highest BCUT2D eigenvalue weighted by Crippen LogP contribution is 2.72. The lowest BCUT2D eigenvalue weighted by atomic mass is 9.36. The van der Waals surface area contributed by atoms with E-state index in [2.05, 4.69) is 39.0 Å². The average Bonchev–Trinajstić information content (AvgIpc) is 3.23. The van der Waals surface area contributed by atoms with Gasteiger partial charge in [0.25, 0.3) is 0 Å². The Kier molecular flexibility index (Phi) is 15.4. The Labute approximate surface area is 334 Å². The molecule has 7 atom stereocenters. The predicted octanol–water partition coefficient (Wildman–Crippen LogP) is 15.3. The van der Waals surface area contributed by atoms with Gasteiger partial charge in [-0.1, -0.05) is 136 Å². The summed E-state index contributed by atoms with van der Waals surface area (Å²) in [7, 11) is 0. The van der Waals surface area contributed by atoms with E-state index in [1.54, 1.807) is 0 Å². The fourth-order valence-electron chi connectivity index (χ4n) is 15.8. The second-order valence-corrected chi connectivity index (χ2v) is 21.1. The maximum Gasteiger partial charge on any atom is 0.0793 e. The number of rotatable bonds is 14. The average molecular weight is 738 g/mol. The Hall–Kier alpha value is -1.53. The zero-order valence-electron chi connectivity index (χ0n) is 35.7. The summed E-state index contributed by atoms with van der Waals surface area (Å²) in [6, 6.07) is 8.93. The molecule has 0 heterocycles. The van der Waals surface area contributed by atoms with E-state index in [0.717, 1.165) is 67.6 Å². The van der Waals surface area contributed by atoms with Crippen LogP contribution >= 0.6 is 0 Å². The maximum absolute atomic E-state index is 12.1. The van der Waals surface area contributed by atoms with Crippen LogP contribution in [0.25, 0.3) is 0 Å². The van der Waals surface area contributed by atoms with Crippen molar-refractivity contribution in [2.75, 3.05) is 0 Å². The molecule has 0 bridgehead atoms. The van der Waals surface area contributed by atoms with Crippen LogP contribution in [-0.2, 0) is 0 Å². The van der Waals surface area contributed by atoms with Crippen LogP contribution < -0.4 is 0 Å². The van der Waals surface area contributed by atoms with Crippen molar-refractivity contribution < 1.29 is 0 Å². The Morgan fingerprint density at radius 2 is 1.11 bits per heavy atom. The number of unbranched alkanes of at least 4 members (excludes halogenated alkanes) is 1. The van der Waals surface area contributed by atoms with Crippen LogP contribution in [0.5, 0.6) is 0 Å². The molecule has 54 heavy (non-hydrogen) atoms. The quantitative estimate of drug-likeness (QED) is 0.178. The molecule has 6 fully saturated rings. The lowest BCUT2D eigenvalue weighted by Crippen LogP contribution is -2.60. The minimum atomic E-state index is -0.643. The first-order valence-electron chi connectivity index (χ1n) is 24.5. The summed E-state index contributed by atoms with van der Waals surface area (Å²) in [4.78, 5) is 0. The first-order valence-corrected chi connectivity index (χ1v) is 24.5. The van der Waals surface area contributed by atoms with E-state index in [-0.39, 0.29) is 10.8 Å². The van der Waals surface area contributed by atoms with Crippen molar-refractivity contribution in [3.63, 3.8) is 0 Å². The van der Waals surface area contributed by atoms with Crippen LogP contribution in [0.2, 0.25) is 0 Å². The zero-order chi connectivity index (χ0) is 38.0. The number of hydrogen-bond acceptors (Lipinski definition) is 3. The smallest absolute Gasteiger partial charge is 0.0793 e. The van der Waals surface area contributed by atoms with Gasteiger partial charge in [-0.3, -0.25) is 0 Å². The first kappa shape index (κ1) is 42.1. The van der Waals surface area contributed by atoms with E-state index in [1.807, 2.05) is 0 Å². The summed E-state index contributed by atoms with van der Waals surface area (Å²) >= 11 is 0. The van der Waals surface area contributed by atoms with Crippen LogP contribution in [0, 0.1) is 109 Å². The van der Waals surface area contributed by atoms with Crippen LogP contribution in [0.15, 0.2) is 0 Å². The molecule has 6 aliphatic rings. The maximum atomic E-state index is 12.1. The van der Waals surface area contributed by atoms with Crippen molar-refractivity contribution in [3.8, 4) is 18.2 Å². The van der Waals surface area contributed by atoms with Crippen molar-refractivity contribution in [1.29, 1.82) is 15.8 Å². The molecule has 7 unspecified atom stereocenters. The third kappa shape index (κ3) is 8.80. The standard InChI is InChI=1S/C51H83N3/c1-4-7-12-41-21-25-42(26-22-41)45-13-8-16-48(35-45)50(38-54,32-34-53)51(30-10-15-47(37-51)44-27-19-40(11-5-2)20-28-44)49(31-33-52)29-9-14-46(36-49)43-23-17-39(6-3)18-24-43/h39-48H,4-32,35-37H2,1-3H3. The lowest BCUT2D eigenvalue weighted by molar-refractivity contribution is -0.165. The normalized spacial score (nSPS) is 41.8. The highest BCUT2D eigenvalue weighted by Gasteiger charge is 2.67. The van der Waals surface area contributed by atoms with Crippen molar-refractivity contribution in [3.05, 3.63) is 0 Å². The van der Waals surface area contributed by atoms with Gasteiger partial charge >= 0.3 is 0 Å². The van der Waals surface area contributed by atoms with Crippen LogP contribution in [0.1, 0.15) is 226 Å². The number of nitrogens with zero attached hydrogens (tertiary/aromatic N) is 3. The van der Waals surface area contributed by atoms with E-state index in [4.69, 9.17) is 0 Å². The van der Waals surface area contributed by atoms with Gasteiger partial charge in [-0.05, 0) is 147 Å². The highest BCUT2D eigenvalue weighted by molar-refractivity contribution is 5.24. The van der Waals surface area contributed by atoms with Crippen LogP contribution in [-0.4, -0.2) is 0 Å². The monoisotopic (exact) mass is 738 g/mol. The summed E-state index contributed by atoms with van der Waals surface area (Å²) in [6.07, 6.45) is 40.1. The third-order valence-corrected chi connectivity index (χ3v) is 18.8. The molecular formula is C51H83N3. The van der Waals surface area contributed by atoms with Gasteiger partial charge in [-0.2, -0.15) is 15.8 Å². The SMILES string of the molecule is CCCCC1CCC(C2CCCC(C(C#N)(CC#N)C3(C4(CC#N)CCCC(C5CCC(CC)CC5)C4)CCCC(C4CCC(CCC)CC4)C3)C2)CC1. The van der Waals surface area contributed by atoms with Gasteiger partial charge in [0.15, 0.2) is 0 Å². The molecule has 0 saturated heterocycles. The Morgan fingerprint density at radius 1 is 0.537 bits per heavy atom. The van der Waals surface area contributed by atoms with Crippen molar-refractivity contribution >= 4 is 0 Å². The third-order valence-electron chi connectivity index (χ3n) is 18.8. The second kappa shape index (κ2) is 19.8. The Morgan fingerprint density at radius 3 is 1.69 bits per heavy atom. The van der Waals surface area contributed by atoms with Gasteiger partial charge < -0.3 is 0 Å². The van der Waals surface area contributed by atoms with Gasteiger partial charge in [-0.15, -0.1) is 0 Å². The summed E-state index contributed by atoms with van der Waals surface area (Å²) in [5.74, 6) is 7.45. The zero-order valence-corrected chi connectivity index (χ0v) is 35.7. The molecule has 3 nitrogen and oxygen atoms in total. The minimum absolute atomic E-state index is 0.138. The van der Waals surface area contributed by atoms with E-state index < -0.39 is 5.41 Å². The van der Waals surface area contributed by atoms with E-state index in [1.165, 1.54) is 161 Å². The Balaban J connectivity index is 1.36. The fraction of sp³-hybridized carbons (Fsp3) is 0.941. The summed E-state index contributed by atoms with van der Waals surface area (Å²) in [5, 5.41) is 34.0. The molecule has 6 aliphatic carbocycles. The number of nitriles is 3. The molecule has 0 N–H and O–H groups in total. The molecule has 6 rings (SSSR count). The van der Waals surface area contributed by atoms with Gasteiger partial charge in [0, 0.05) is 6.42 Å². The first-order chi connectivity index (χ1) is 26.4. The topological polar surface area (TPSA) is 71.4 Å². The molecular weight excluding hydrogens is 655 g/mol. The molecule has 3 heteroatoms. The Bertz CT molecular complexity index is 1260. The summed E-state index contributed by atoms with van der Waals surface area (Å²) in [5.41, 5.74) is -1.01. The largest absolute Gasteiger partial charge is 0.198 e. The second-order valence-electron chi connectivity index (χ2n) is 21.1. The molecule has 0 aromatic carbocycles. The molecule has 302 valence electrons. The van der Waals surface area contributed by atoms with E-state index in [9.17, 15) is 15.8 Å². The molecule has 0 aromatic heterocycles. The van der Waals surface area contributed by atoms with Gasteiger partial charge in [0.1, 0.15) is 0 Å². The van der Waals surface area contributed by atoms with Gasteiger partial charge in [0.2, 0.25) is 0 Å². The fourth-order valence-corrected chi connectivity index (χ4v) is 15.8. The van der Waals surface area contributed by atoms with Crippen LogP contribution in [0.3, 0.4) is 0 Å². The molecule has 0 amide bonds. The molecule has 0 aromatic rings. The van der Waals surface area contributed by atoms with Crippen molar-refractivity contribution in [1.82, 2.24) is 0 Å². The summed E-state index contributed by atoms with van der Waals surface area (Å²) in [6.45, 7) is 7.07. The molecule has 0 spiro atoms. The van der Waals surface area contributed by atoms with Crippen molar-refractivity contribution in [2.24, 2.45) is 75.4 Å². The predicted molar refractivity (Wildman–Crippen MR) is 224 cm³/mol. The summed E-state index contributed by atoms with van der Waals surface area (Å²) < 4.78 is 0. The molecule has 6 saturated carbocycles. The van der Waals surface area contributed by atoms with Gasteiger partial charge in [-0.25, -0.2) is 0 Å². The van der Waals surface area contributed by atoms with E-state index in [0.29, 0.717) is 36.5 Å². The highest BCUT2D eigenvalue weighted by atomic mass is 14.7. The number of hydrogen-bond donors (Lipinski definition) is 0. The minimum Gasteiger partial charge on any atom is -0.198 e. The molecule has 0 radical (unpaired) electrons. The van der Waals surface area contributed by atoms with Gasteiger partial charge in [0.05, 0.1) is 30.0 Å².